The molecule has 0 spiro atoms. The minimum Gasteiger partial charge on any atom is -0.444 e. The number of rotatable bonds is 1. The number of ether oxygens (including phenoxy) is 1. The SMILES string of the molecule is CC(C)(C)OC(=O)N1C2CCC1CC(O)(c1cnc3ccnn3c1)C2. The Morgan fingerprint density at radius 1 is 1.32 bits per heavy atom. The second-order valence-corrected chi connectivity index (χ2v) is 8.19. The highest BCUT2D eigenvalue weighted by Gasteiger charge is 2.51. The molecule has 0 saturated carbocycles. The molecule has 0 aliphatic carbocycles. The van der Waals surface area contributed by atoms with Gasteiger partial charge in [0.15, 0.2) is 5.65 Å². The largest absolute Gasteiger partial charge is 0.444 e. The quantitative estimate of drug-likeness (QED) is 0.860. The topological polar surface area (TPSA) is 80.0 Å². The molecule has 2 aliphatic rings. The number of aromatic nitrogens is 3. The van der Waals surface area contributed by atoms with Gasteiger partial charge in [-0.15, -0.1) is 0 Å². The molecule has 2 aromatic heterocycles. The molecule has 2 atom stereocenters. The van der Waals surface area contributed by atoms with Gasteiger partial charge in [0.25, 0.3) is 0 Å². The first-order chi connectivity index (χ1) is 11.8. The van der Waals surface area contributed by atoms with Crippen LogP contribution in [-0.2, 0) is 10.3 Å². The number of piperidine rings is 1. The minimum atomic E-state index is -0.989. The van der Waals surface area contributed by atoms with Crippen LogP contribution in [0.25, 0.3) is 5.65 Å². The Kier molecular flexibility index (Phi) is 3.54. The number of nitrogens with zero attached hydrogens (tertiary/aromatic N) is 4. The maximum atomic E-state index is 12.6. The fourth-order valence-electron chi connectivity index (χ4n) is 4.12. The predicted molar refractivity (Wildman–Crippen MR) is 91.0 cm³/mol. The summed E-state index contributed by atoms with van der Waals surface area (Å²) >= 11 is 0. The lowest BCUT2D eigenvalue weighted by Gasteiger charge is -2.43. The van der Waals surface area contributed by atoms with E-state index in [9.17, 15) is 9.90 Å². The second-order valence-electron chi connectivity index (χ2n) is 8.19. The lowest BCUT2D eigenvalue weighted by Crippen LogP contribution is -2.53. The molecular weight excluding hydrogens is 320 g/mol. The zero-order valence-corrected chi connectivity index (χ0v) is 14.8. The van der Waals surface area contributed by atoms with E-state index in [0.717, 1.165) is 24.1 Å². The number of carbonyl (C=O) groups is 1. The summed E-state index contributed by atoms with van der Waals surface area (Å²) in [6, 6.07) is 1.81. The lowest BCUT2D eigenvalue weighted by atomic mass is 9.82. The Morgan fingerprint density at radius 2 is 2.00 bits per heavy atom. The van der Waals surface area contributed by atoms with Gasteiger partial charge in [0, 0.05) is 48.9 Å². The Morgan fingerprint density at radius 3 is 2.64 bits per heavy atom. The van der Waals surface area contributed by atoms with Crippen molar-refractivity contribution in [3.8, 4) is 0 Å². The van der Waals surface area contributed by atoms with Crippen molar-refractivity contribution in [2.75, 3.05) is 0 Å². The average molecular weight is 344 g/mol. The van der Waals surface area contributed by atoms with Gasteiger partial charge in [-0.05, 0) is 33.6 Å². The fourth-order valence-corrected chi connectivity index (χ4v) is 4.12. The molecule has 4 heterocycles. The summed E-state index contributed by atoms with van der Waals surface area (Å²) in [5.74, 6) is 0. The van der Waals surface area contributed by atoms with E-state index in [2.05, 4.69) is 10.1 Å². The van der Waals surface area contributed by atoms with Crippen molar-refractivity contribution < 1.29 is 14.6 Å². The van der Waals surface area contributed by atoms with Crippen LogP contribution in [0.3, 0.4) is 0 Å². The van der Waals surface area contributed by atoms with Crippen molar-refractivity contribution in [2.45, 2.75) is 69.7 Å². The van der Waals surface area contributed by atoms with E-state index in [0.29, 0.717) is 12.8 Å². The van der Waals surface area contributed by atoms with Gasteiger partial charge >= 0.3 is 6.09 Å². The van der Waals surface area contributed by atoms with Crippen LogP contribution in [0.1, 0.15) is 52.0 Å². The number of carbonyl (C=O) groups excluding carboxylic acids is 1. The van der Waals surface area contributed by atoms with Crippen LogP contribution in [0.4, 0.5) is 4.79 Å². The molecule has 7 heteroatoms. The van der Waals surface area contributed by atoms with Crippen LogP contribution in [0, 0.1) is 0 Å². The highest BCUT2D eigenvalue weighted by molar-refractivity contribution is 5.69. The molecule has 2 bridgehead atoms. The molecule has 2 aromatic rings. The van der Waals surface area contributed by atoms with Gasteiger partial charge in [0.1, 0.15) is 5.60 Å². The Balaban J connectivity index is 1.58. The Hall–Kier alpha value is -2.15. The summed E-state index contributed by atoms with van der Waals surface area (Å²) in [4.78, 5) is 18.8. The smallest absolute Gasteiger partial charge is 0.410 e. The Labute approximate surface area is 146 Å². The van der Waals surface area contributed by atoms with Crippen LogP contribution in [0.5, 0.6) is 0 Å². The van der Waals surface area contributed by atoms with Gasteiger partial charge < -0.3 is 14.7 Å². The molecule has 1 N–H and O–H groups in total. The van der Waals surface area contributed by atoms with E-state index in [4.69, 9.17) is 4.74 Å². The molecular formula is C18H24N4O3. The molecule has 1 amide bonds. The molecule has 0 radical (unpaired) electrons. The van der Waals surface area contributed by atoms with Crippen molar-refractivity contribution in [3.05, 3.63) is 30.2 Å². The second kappa shape index (κ2) is 5.42. The van der Waals surface area contributed by atoms with Crippen molar-refractivity contribution in [1.29, 1.82) is 0 Å². The van der Waals surface area contributed by atoms with Crippen molar-refractivity contribution in [3.63, 3.8) is 0 Å². The van der Waals surface area contributed by atoms with E-state index in [1.165, 1.54) is 0 Å². The van der Waals surface area contributed by atoms with E-state index < -0.39 is 11.2 Å². The summed E-state index contributed by atoms with van der Waals surface area (Å²) in [5, 5.41) is 15.5. The summed E-state index contributed by atoms with van der Waals surface area (Å²) in [5.41, 5.74) is 0.00234. The Bertz CT molecular complexity index is 796. The highest BCUT2D eigenvalue weighted by Crippen LogP contribution is 2.46. The van der Waals surface area contributed by atoms with Gasteiger partial charge in [-0.1, -0.05) is 0 Å². The number of hydrogen-bond donors (Lipinski definition) is 1. The van der Waals surface area contributed by atoms with E-state index >= 15 is 0 Å². The van der Waals surface area contributed by atoms with Crippen LogP contribution < -0.4 is 0 Å². The molecule has 2 fully saturated rings. The van der Waals surface area contributed by atoms with Crippen LogP contribution in [0.2, 0.25) is 0 Å². The summed E-state index contributed by atoms with van der Waals surface area (Å²) in [7, 11) is 0. The van der Waals surface area contributed by atoms with Gasteiger partial charge in [-0.25, -0.2) is 14.3 Å². The summed E-state index contributed by atoms with van der Waals surface area (Å²) in [6.45, 7) is 5.62. The van der Waals surface area contributed by atoms with E-state index in [-0.39, 0.29) is 18.2 Å². The van der Waals surface area contributed by atoms with E-state index in [1.807, 2.05) is 37.9 Å². The number of fused-ring (bicyclic) bond motifs is 3. The van der Waals surface area contributed by atoms with Crippen LogP contribution in [0.15, 0.2) is 24.7 Å². The van der Waals surface area contributed by atoms with Crippen molar-refractivity contribution in [2.24, 2.45) is 0 Å². The van der Waals surface area contributed by atoms with Gasteiger partial charge in [0.2, 0.25) is 0 Å². The molecule has 2 unspecified atom stereocenters. The summed E-state index contributed by atoms with van der Waals surface area (Å²) in [6.07, 6.45) is 7.75. The summed E-state index contributed by atoms with van der Waals surface area (Å²) < 4.78 is 7.23. The first-order valence-electron chi connectivity index (χ1n) is 8.79. The van der Waals surface area contributed by atoms with E-state index in [1.54, 1.807) is 16.9 Å². The molecule has 7 nitrogen and oxygen atoms in total. The van der Waals surface area contributed by atoms with Crippen molar-refractivity contribution in [1.82, 2.24) is 19.5 Å². The maximum absolute atomic E-state index is 12.6. The fraction of sp³-hybridized carbons (Fsp3) is 0.611. The van der Waals surface area contributed by atoms with Gasteiger partial charge in [-0.2, -0.15) is 5.10 Å². The normalized spacial score (nSPS) is 29.2. The molecule has 2 aliphatic heterocycles. The van der Waals surface area contributed by atoms with Gasteiger partial charge in [-0.3, -0.25) is 0 Å². The monoisotopic (exact) mass is 344 g/mol. The van der Waals surface area contributed by atoms with Crippen molar-refractivity contribution >= 4 is 11.7 Å². The predicted octanol–water partition coefficient (Wildman–Crippen LogP) is 2.48. The van der Waals surface area contributed by atoms with Crippen LogP contribution in [-0.4, -0.2) is 48.4 Å². The number of hydrogen-bond acceptors (Lipinski definition) is 5. The minimum absolute atomic E-state index is 0.00748. The highest BCUT2D eigenvalue weighted by atomic mass is 16.6. The van der Waals surface area contributed by atoms with Crippen LogP contribution >= 0.6 is 0 Å². The zero-order valence-electron chi connectivity index (χ0n) is 14.8. The number of amides is 1. The first kappa shape index (κ1) is 16.3. The molecule has 25 heavy (non-hydrogen) atoms. The zero-order chi connectivity index (χ0) is 17.8. The standard InChI is InChI=1S/C18H24N4O3/c1-17(2,3)25-16(23)22-13-4-5-14(22)9-18(24,8-13)12-10-19-15-6-7-20-21(15)11-12/h6-7,10-11,13-14,24H,4-5,8-9H2,1-3H3. The maximum Gasteiger partial charge on any atom is 0.410 e. The third kappa shape index (κ3) is 2.86. The average Bonchev–Trinajstić information content (AvgIpc) is 3.08. The first-order valence-corrected chi connectivity index (χ1v) is 8.79. The molecule has 2 saturated heterocycles. The lowest BCUT2D eigenvalue weighted by molar-refractivity contribution is -0.0628. The third-order valence-electron chi connectivity index (χ3n) is 5.15. The van der Waals surface area contributed by atoms with Gasteiger partial charge in [0.05, 0.1) is 11.8 Å². The number of aliphatic hydroxyl groups is 1. The molecule has 0 aromatic carbocycles. The molecule has 4 rings (SSSR count). The third-order valence-corrected chi connectivity index (χ3v) is 5.15. The molecule has 134 valence electrons.